The molecular weight excluding hydrogens is 280 g/mol. The zero-order valence-electron chi connectivity index (χ0n) is 13.4. The summed E-state index contributed by atoms with van der Waals surface area (Å²) in [6.07, 6.45) is 1.34. The molecule has 1 aromatic heterocycles. The Balaban J connectivity index is 2.01. The van der Waals surface area contributed by atoms with Crippen molar-refractivity contribution < 1.29 is 14.3 Å². The van der Waals surface area contributed by atoms with Gasteiger partial charge in [0.25, 0.3) is 0 Å². The maximum atomic E-state index is 12.1. The number of ether oxygens (including phenoxy) is 2. The third-order valence-corrected chi connectivity index (χ3v) is 2.99. The molecule has 0 unspecified atom stereocenters. The Bertz CT molecular complexity index is 624. The summed E-state index contributed by atoms with van der Waals surface area (Å²) in [5, 5.41) is 3.27. The van der Waals surface area contributed by atoms with Crippen LogP contribution in [0.4, 0.5) is 10.5 Å². The summed E-state index contributed by atoms with van der Waals surface area (Å²) in [6, 6.07) is 11.3. The summed E-state index contributed by atoms with van der Waals surface area (Å²) in [5.74, 6) is 0.808. The fourth-order valence-corrected chi connectivity index (χ4v) is 1.95. The lowest BCUT2D eigenvalue weighted by molar-refractivity contribution is 0.0533. The maximum absolute atomic E-state index is 12.1. The molecule has 0 aliphatic carbocycles. The first-order valence-electron chi connectivity index (χ1n) is 7.16. The molecule has 0 spiro atoms. The Morgan fingerprint density at radius 1 is 1.18 bits per heavy atom. The van der Waals surface area contributed by atoms with E-state index in [9.17, 15) is 4.79 Å². The van der Waals surface area contributed by atoms with Crippen LogP contribution in [0, 0.1) is 0 Å². The van der Waals surface area contributed by atoms with Gasteiger partial charge in [-0.05, 0) is 57.2 Å². The summed E-state index contributed by atoms with van der Waals surface area (Å²) in [5.41, 5.74) is 1.28. The van der Waals surface area contributed by atoms with Crippen molar-refractivity contribution in [2.24, 2.45) is 0 Å². The second kappa shape index (κ2) is 6.56. The van der Waals surface area contributed by atoms with Gasteiger partial charge in [0.1, 0.15) is 11.4 Å². The standard InChI is InChI=1S/C17H22N2O3/c1-17(2,3)22-16(20)19-11-5-6-14(19)12-18-13-7-9-15(21-4)10-8-13/h5-11,18H,12H2,1-4H3. The lowest BCUT2D eigenvalue weighted by atomic mass is 10.2. The van der Waals surface area contributed by atoms with Crippen molar-refractivity contribution in [1.29, 1.82) is 0 Å². The van der Waals surface area contributed by atoms with Gasteiger partial charge in [0.2, 0.25) is 0 Å². The van der Waals surface area contributed by atoms with E-state index < -0.39 is 5.60 Å². The van der Waals surface area contributed by atoms with Gasteiger partial charge in [-0.3, -0.25) is 4.57 Å². The maximum Gasteiger partial charge on any atom is 0.418 e. The van der Waals surface area contributed by atoms with Crippen molar-refractivity contribution >= 4 is 11.8 Å². The number of hydrogen-bond acceptors (Lipinski definition) is 4. The molecular formula is C17H22N2O3. The predicted molar refractivity (Wildman–Crippen MR) is 86.4 cm³/mol. The van der Waals surface area contributed by atoms with E-state index in [0.717, 1.165) is 17.1 Å². The van der Waals surface area contributed by atoms with Crippen LogP contribution in [0.3, 0.4) is 0 Å². The highest BCUT2D eigenvalue weighted by molar-refractivity contribution is 5.72. The van der Waals surface area contributed by atoms with E-state index in [2.05, 4.69) is 5.32 Å². The normalized spacial score (nSPS) is 11.1. The molecule has 2 rings (SSSR count). The fraction of sp³-hybridized carbons (Fsp3) is 0.353. The highest BCUT2D eigenvalue weighted by Gasteiger charge is 2.19. The number of anilines is 1. The molecule has 0 aliphatic rings. The number of hydrogen-bond donors (Lipinski definition) is 1. The topological polar surface area (TPSA) is 52.5 Å². The predicted octanol–water partition coefficient (Wildman–Crippen LogP) is 3.89. The lowest BCUT2D eigenvalue weighted by Gasteiger charge is -2.20. The van der Waals surface area contributed by atoms with Gasteiger partial charge in [-0.25, -0.2) is 4.79 Å². The minimum Gasteiger partial charge on any atom is -0.497 e. The number of rotatable bonds is 4. The summed E-state index contributed by atoms with van der Waals surface area (Å²) in [6.45, 7) is 6.08. The first-order valence-corrected chi connectivity index (χ1v) is 7.16. The molecule has 0 bridgehead atoms. The van der Waals surface area contributed by atoms with Crippen LogP contribution in [0.1, 0.15) is 26.5 Å². The van der Waals surface area contributed by atoms with E-state index in [4.69, 9.17) is 9.47 Å². The highest BCUT2D eigenvalue weighted by Crippen LogP contribution is 2.17. The molecule has 0 radical (unpaired) electrons. The Kier molecular flexibility index (Phi) is 4.75. The van der Waals surface area contributed by atoms with Gasteiger partial charge in [-0.15, -0.1) is 0 Å². The van der Waals surface area contributed by atoms with Crippen molar-refractivity contribution in [3.05, 3.63) is 48.3 Å². The lowest BCUT2D eigenvalue weighted by Crippen LogP contribution is -2.28. The van der Waals surface area contributed by atoms with E-state index in [-0.39, 0.29) is 6.09 Å². The molecule has 118 valence electrons. The quantitative estimate of drug-likeness (QED) is 0.931. The molecule has 5 nitrogen and oxygen atoms in total. The van der Waals surface area contributed by atoms with Crippen molar-refractivity contribution in [2.75, 3.05) is 12.4 Å². The number of carbonyl (C=O) groups is 1. The van der Waals surface area contributed by atoms with Gasteiger partial charge in [-0.1, -0.05) is 0 Å². The summed E-state index contributed by atoms with van der Waals surface area (Å²) >= 11 is 0. The third kappa shape index (κ3) is 4.28. The molecule has 0 saturated carbocycles. The number of carbonyl (C=O) groups excluding carboxylic acids is 1. The van der Waals surface area contributed by atoms with Crippen LogP contribution in [-0.4, -0.2) is 23.4 Å². The Labute approximate surface area is 130 Å². The fourth-order valence-electron chi connectivity index (χ4n) is 1.95. The second-order valence-electron chi connectivity index (χ2n) is 5.93. The molecule has 0 aliphatic heterocycles. The van der Waals surface area contributed by atoms with Crippen LogP contribution in [-0.2, 0) is 11.3 Å². The number of nitrogens with one attached hydrogen (secondary N) is 1. The smallest absolute Gasteiger partial charge is 0.418 e. The van der Waals surface area contributed by atoms with Crippen LogP contribution < -0.4 is 10.1 Å². The SMILES string of the molecule is COc1ccc(NCc2cccn2C(=O)OC(C)(C)C)cc1. The van der Waals surface area contributed by atoms with Crippen molar-refractivity contribution in [3.8, 4) is 5.75 Å². The molecule has 0 amide bonds. The molecule has 22 heavy (non-hydrogen) atoms. The van der Waals surface area contributed by atoms with Crippen LogP contribution in [0.25, 0.3) is 0 Å². The average molecular weight is 302 g/mol. The van der Waals surface area contributed by atoms with Gasteiger partial charge in [0.05, 0.1) is 13.7 Å². The van der Waals surface area contributed by atoms with Crippen LogP contribution >= 0.6 is 0 Å². The highest BCUT2D eigenvalue weighted by atomic mass is 16.6. The summed E-state index contributed by atoms with van der Waals surface area (Å²) in [4.78, 5) is 12.1. The van der Waals surface area contributed by atoms with Gasteiger partial charge in [-0.2, -0.15) is 0 Å². The van der Waals surface area contributed by atoms with E-state index in [1.165, 1.54) is 4.57 Å². The summed E-state index contributed by atoms with van der Waals surface area (Å²) in [7, 11) is 1.64. The van der Waals surface area contributed by atoms with Crippen molar-refractivity contribution in [2.45, 2.75) is 32.9 Å². The number of nitrogens with zero attached hydrogens (tertiary/aromatic N) is 1. The Morgan fingerprint density at radius 3 is 2.45 bits per heavy atom. The van der Waals surface area contributed by atoms with Crippen LogP contribution in [0.15, 0.2) is 42.6 Å². The molecule has 1 N–H and O–H groups in total. The van der Waals surface area contributed by atoms with Crippen molar-refractivity contribution in [3.63, 3.8) is 0 Å². The largest absolute Gasteiger partial charge is 0.497 e. The van der Waals surface area contributed by atoms with E-state index in [1.54, 1.807) is 13.3 Å². The molecule has 1 heterocycles. The molecule has 0 fully saturated rings. The average Bonchev–Trinajstić information content (AvgIpc) is 2.92. The minimum atomic E-state index is -0.512. The monoisotopic (exact) mass is 302 g/mol. The van der Waals surface area contributed by atoms with Crippen LogP contribution in [0.5, 0.6) is 5.75 Å². The van der Waals surface area contributed by atoms with E-state index in [1.807, 2.05) is 57.2 Å². The van der Waals surface area contributed by atoms with E-state index in [0.29, 0.717) is 6.54 Å². The van der Waals surface area contributed by atoms with Gasteiger partial charge < -0.3 is 14.8 Å². The minimum absolute atomic E-state index is 0.371. The Morgan fingerprint density at radius 2 is 1.86 bits per heavy atom. The van der Waals surface area contributed by atoms with Crippen molar-refractivity contribution in [1.82, 2.24) is 4.57 Å². The van der Waals surface area contributed by atoms with Gasteiger partial charge >= 0.3 is 6.09 Å². The van der Waals surface area contributed by atoms with Gasteiger partial charge in [0, 0.05) is 17.6 Å². The number of methoxy groups -OCH3 is 1. The molecule has 0 atom stereocenters. The first kappa shape index (κ1) is 15.9. The molecule has 5 heteroatoms. The zero-order chi connectivity index (χ0) is 16.2. The third-order valence-electron chi connectivity index (χ3n) is 2.99. The first-order chi connectivity index (χ1) is 10.4. The Hall–Kier alpha value is -2.43. The van der Waals surface area contributed by atoms with Gasteiger partial charge in [0.15, 0.2) is 0 Å². The molecule has 0 saturated heterocycles. The number of aromatic nitrogens is 1. The molecule has 1 aromatic carbocycles. The summed E-state index contributed by atoms with van der Waals surface area (Å²) < 4.78 is 12.0. The zero-order valence-corrected chi connectivity index (χ0v) is 13.4. The second-order valence-corrected chi connectivity index (χ2v) is 5.93. The van der Waals surface area contributed by atoms with Crippen LogP contribution in [0.2, 0.25) is 0 Å². The molecule has 2 aromatic rings. The van der Waals surface area contributed by atoms with E-state index >= 15 is 0 Å². The number of benzene rings is 1.